The zero-order chi connectivity index (χ0) is 14.2. The summed E-state index contributed by atoms with van der Waals surface area (Å²) in [5, 5.41) is 0. The summed E-state index contributed by atoms with van der Waals surface area (Å²) in [4.78, 5) is 11.6. The second-order valence-electron chi connectivity index (χ2n) is 3.83. The number of halogens is 4. The topological polar surface area (TPSA) is 48.0 Å². The van der Waals surface area contributed by atoms with Crippen molar-refractivity contribution < 1.29 is 17.6 Å². The van der Waals surface area contributed by atoms with Crippen molar-refractivity contribution in [3.05, 3.63) is 58.3 Å². The molecule has 1 aromatic carbocycles. The minimum atomic E-state index is -4.61. The van der Waals surface area contributed by atoms with Crippen molar-refractivity contribution >= 4 is 5.69 Å². The van der Waals surface area contributed by atoms with Crippen molar-refractivity contribution in [2.24, 2.45) is 0 Å². The number of nitrogens with zero attached hydrogens (tertiary/aromatic N) is 1. The Balaban J connectivity index is 2.56. The molecule has 0 unspecified atom stereocenters. The Morgan fingerprint density at radius 1 is 1.11 bits per heavy atom. The summed E-state index contributed by atoms with van der Waals surface area (Å²) in [6, 6.07) is 4.67. The second kappa shape index (κ2) is 4.42. The summed E-state index contributed by atoms with van der Waals surface area (Å²) < 4.78 is 51.6. The molecule has 7 heteroatoms. The van der Waals surface area contributed by atoms with Gasteiger partial charge in [-0.1, -0.05) is 0 Å². The lowest BCUT2D eigenvalue weighted by Crippen LogP contribution is -2.20. The number of anilines is 1. The van der Waals surface area contributed by atoms with E-state index in [0.717, 1.165) is 16.8 Å². The van der Waals surface area contributed by atoms with Crippen LogP contribution in [0.15, 0.2) is 41.3 Å². The molecular formula is C12H8F4N2O. The largest absolute Gasteiger partial charge is 0.416 e. The number of pyridine rings is 1. The van der Waals surface area contributed by atoms with E-state index in [9.17, 15) is 22.4 Å². The third kappa shape index (κ3) is 2.59. The van der Waals surface area contributed by atoms with Gasteiger partial charge in [-0.25, -0.2) is 4.39 Å². The normalized spacial score (nSPS) is 11.6. The molecule has 2 rings (SSSR count). The Hall–Kier alpha value is -2.31. The summed E-state index contributed by atoms with van der Waals surface area (Å²) in [7, 11) is 0. The molecule has 0 radical (unpaired) electrons. The maximum atomic E-state index is 13.6. The zero-order valence-corrected chi connectivity index (χ0v) is 9.41. The quantitative estimate of drug-likeness (QED) is 0.640. The van der Waals surface area contributed by atoms with Gasteiger partial charge < -0.3 is 5.73 Å². The van der Waals surface area contributed by atoms with Crippen LogP contribution in [-0.4, -0.2) is 4.57 Å². The van der Waals surface area contributed by atoms with E-state index in [-0.39, 0.29) is 11.4 Å². The fraction of sp³-hybridized carbons (Fsp3) is 0.0833. The molecule has 0 fully saturated rings. The first kappa shape index (κ1) is 13.1. The molecule has 1 heterocycles. The smallest absolute Gasteiger partial charge is 0.399 e. The Morgan fingerprint density at radius 2 is 1.79 bits per heavy atom. The fourth-order valence-electron chi connectivity index (χ4n) is 1.57. The molecule has 1 aromatic heterocycles. The van der Waals surface area contributed by atoms with Gasteiger partial charge >= 0.3 is 6.18 Å². The van der Waals surface area contributed by atoms with Crippen molar-refractivity contribution in [1.29, 1.82) is 0 Å². The molecule has 0 aliphatic carbocycles. The number of nitrogen functional groups attached to an aromatic ring is 1. The molecule has 2 N–H and O–H groups in total. The minimum Gasteiger partial charge on any atom is -0.399 e. The number of rotatable bonds is 1. The predicted octanol–water partition coefficient (Wildman–Crippen LogP) is 2.58. The van der Waals surface area contributed by atoms with Crippen molar-refractivity contribution in [2.45, 2.75) is 6.18 Å². The molecule has 3 nitrogen and oxygen atoms in total. The summed E-state index contributed by atoms with van der Waals surface area (Å²) >= 11 is 0. The lowest BCUT2D eigenvalue weighted by molar-refractivity contribution is -0.137. The Morgan fingerprint density at radius 3 is 2.32 bits per heavy atom. The number of nitrogens with two attached hydrogens (primary N) is 1. The van der Waals surface area contributed by atoms with Gasteiger partial charge in [0.2, 0.25) is 0 Å². The Bertz CT molecular complexity index is 676. The van der Waals surface area contributed by atoms with E-state index in [1.165, 1.54) is 12.1 Å². The first-order chi connectivity index (χ1) is 8.79. The highest BCUT2D eigenvalue weighted by Gasteiger charge is 2.31. The minimum absolute atomic E-state index is 0.154. The second-order valence-corrected chi connectivity index (χ2v) is 3.83. The van der Waals surface area contributed by atoms with Crippen LogP contribution in [0, 0.1) is 5.82 Å². The van der Waals surface area contributed by atoms with E-state index in [4.69, 9.17) is 5.73 Å². The number of hydrogen-bond acceptors (Lipinski definition) is 2. The fourth-order valence-corrected chi connectivity index (χ4v) is 1.57. The van der Waals surface area contributed by atoms with E-state index in [1.807, 2.05) is 0 Å². The number of alkyl halides is 3. The zero-order valence-electron chi connectivity index (χ0n) is 9.41. The molecule has 0 amide bonds. The lowest BCUT2D eigenvalue weighted by atomic mass is 10.2. The third-order valence-electron chi connectivity index (χ3n) is 2.48. The molecule has 0 bridgehead atoms. The lowest BCUT2D eigenvalue weighted by Gasteiger charge is -2.10. The summed E-state index contributed by atoms with van der Waals surface area (Å²) in [6.45, 7) is 0. The Kier molecular flexibility index (Phi) is 3.05. The van der Waals surface area contributed by atoms with Crippen molar-refractivity contribution in [2.75, 3.05) is 5.73 Å². The molecule has 100 valence electrons. The summed E-state index contributed by atoms with van der Waals surface area (Å²) in [6.07, 6.45) is -3.74. The van der Waals surface area contributed by atoms with E-state index >= 15 is 0 Å². The van der Waals surface area contributed by atoms with Gasteiger partial charge in [-0.3, -0.25) is 9.36 Å². The standard InChI is InChI=1S/C12H8F4N2O/c13-9-6-8(17)1-2-10(9)18-4-3-7(5-11(18)19)12(14,15)16/h1-6H,17H2. The van der Waals surface area contributed by atoms with Crippen LogP contribution in [0.5, 0.6) is 0 Å². The highest BCUT2D eigenvalue weighted by molar-refractivity contribution is 5.46. The molecular weight excluding hydrogens is 264 g/mol. The van der Waals surface area contributed by atoms with Gasteiger partial charge in [-0.05, 0) is 24.3 Å². The van der Waals surface area contributed by atoms with Crippen LogP contribution in [0.25, 0.3) is 5.69 Å². The van der Waals surface area contributed by atoms with E-state index in [2.05, 4.69) is 0 Å². The number of hydrogen-bond donors (Lipinski definition) is 1. The monoisotopic (exact) mass is 272 g/mol. The van der Waals surface area contributed by atoms with E-state index in [0.29, 0.717) is 12.1 Å². The van der Waals surface area contributed by atoms with Crippen LogP contribution in [0.2, 0.25) is 0 Å². The SMILES string of the molecule is Nc1ccc(-n2ccc(C(F)(F)F)cc2=O)c(F)c1. The van der Waals surface area contributed by atoms with E-state index in [1.54, 1.807) is 0 Å². The van der Waals surface area contributed by atoms with Crippen LogP contribution in [0.1, 0.15) is 5.56 Å². The highest BCUT2D eigenvalue weighted by Crippen LogP contribution is 2.28. The van der Waals surface area contributed by atoms with Gasteiger partial charge in [-0.15, -0.1) is 0 Å². The third-order valence-corrected chi connectivity index (χ3v) is 2.48. The van der Waals surface area contributed by atoms with Crippen LogP contribution in [0.4, 0.5) is 23.2 Å². The van der Waals surface area contributed by atoms with Crippen LogP contribution < -0.4 is 11.3 Å². The molecule has 0 spiro atoms. The molecule has 19 heavy (non-hydrogen) atoms. The van der Waals surface area contributed by atoms with Crippen molar-refractivity contribution in [1.82, 2.24) is 4.57 Å². The van der Waals surface area contributed by atoms with Crippen LogP contribution >= 0.6 is 0 Å². The van der Waals surface area contributed by atoms with Gasteiger partial charge in [0.05, 0.1) is 11.3 Å². The first-order valence-electron chi connectivity index (χ1n) is 5.14. The van der Waals surface area contributed by atoms with Gasteiger partial charge in [0.15, 0.2) is 0 Å². The van der Waals surface area contributed by atoms with Gasteiger partial charge in [0.25, 0.3) is 5.56 Å². The highest BCUT2D eigenvalue weighted by atomic mass is 19.4. The van der Waals surface area contributed by atoms with Gasteiger partial charge in [0.1, 0.15) is 5.82 Å². The summed E-state index contributed by atoms with van der Waals surface area (Å²) in [5.41, 5.74) is 3.29. The van der Waals surface area contributed by atoms with Crippen molar-refractivity contribution in [3.63, 3.8) is 0 Å². The average Bonchev–Trinajstić information content (AvgIpc) is 2.28. The predicted molar refractivity (Wildman–Crippen MR) is 61.4 cm³/mol. The summed E-state index contributed by atoms with van der Waals surface area (Å²) in [5.74, 6) is -0.790. The Labute approximate surface area is 104 Å². The first-order valence-corrected chi connectivity index (χ1v) is 5.14. The molecule has 2 aromatic rings. The van der Waals surface area contributed by atoms with Crippen LogP contribution in [0.3, 0.4) is 0 Å². The van der Waals surface area contributed by atoms with Crippen molar-refractivity contribution in [3.8, 4) is 5.69 Å². The van der Waals surface area contributed by atoms with Gasteiger partial charge in [0, 0.05) is 18.0 Å². The number of aromatic nitrogens is 1. The average molecular weight is 272 g/mol. The maximum absolute atomic E-state index is 13.6. The van der Waals surface area contributed by atoms with E-state index < -0.39 is 23.1 Å². The molecule has 0 aliphatic heterocycles. The van der Waals surface area contributed by atoms with Crippen LogP contribution in [-0.2, 0) is 6.18 Å². The molecule has 0 atom stereocenters. The van der Waals surface area contributed by atoms with Gasteiger partial charge in [-0.2, -0.15) is 13.2 Å². The molecule has 0 aliphatic rings. The maximum Gasteiger partial charge on any atom is 0.416 e. The molecule has 0 saturated heterocycles. The number of benzene rings is 1. The molecule has 0 saturated carbocycles.